The van der Waals surface area contributed by atoms with Crippen LogP contribution in [0.5, 0.6) is 0 Å². The summed E-state index contributed by atoms with van der Waals surface area (Å²) < 4.78 is 1.49. The van der Waals surface area contributed by atoms with Crippen molar-refractivity contribution >= 4 is 5.95 Å². The lowest BCUT2D eigenvalue weighted by Crippen LogP contribution is -2.25. The normalized spacial score (nSPS) is 10.8. The second kappa shape index (κ2) is 5.86. The van der Waals surface area contributed by atoms with E-state index in [0.29, 0.717) is 11.9 Å². The van der Waals surface area contributed by atoms with Crippen molar-refractivity contribution in [1.82, 2.24) is 14.5 Å². The van der Waals surface area contributed by atoms with Crippen LogP contribution in [0.15, 0.2) is 29.3 Å². The molecule has 0 fully saturated rings. The van der Waals surface area contributed by atoms with Crippen molar-refractivity contribution < 1.29 is 0 Å². The molecule has 0 saturated heterocycles. The second-order valence-corrected chi connectivity index (χ2v) is 5.35. The molecule has 0 aliphatic rings. The number of rotatable bonds is 4. The Hall–Kier alpha value is -2.17. The van der Waals surface area contributed by atoms with Crippen molar-refractivity contribution in [2.75, 3.05) is 11.9 Å². The molecule has 5 heteroatoms. The number of benzene rings is 1. The lowest BCUT2D eigenvalue weighted by atomic mass is 10.1. The molecule has 2 aromatic rings. The van der Waals surface area contributed by atoms with Gasteiger partial charge in [-0.3, -0.25) is 4.57 Å². The van der Waals surface area contributed by atoms with Gasteiger partial charge in [0, 0.05) is 6.54 Å². The number of aromatic nitrogens is 3. The fourth-order valence-corrected chi connectivity index (χ4v) is 2.05. The lowest BCUT2D eigenvalue weighted by molar-refractivity contribution is 0.681. The number of aryl methyl sites for hydroxylation is 2. The van der Waals surface area contributed by atoms with Gasteiger partial charge >= 0.3 is 5.69 Å². The highest BCUT2D eigenvalue weighted by molar-refractivity contribution is 5.46. The van der Waals surface area contributed by atoms with Crippen molar-refractivity contribution in [1.29, 1.82) is 0 Å². The quantitative estimate of drug-likeness (QED) is 0.928. The number of para-hydroxylation sites is 1. The summed E-state index contributed by atoms with van der Waals surface area (Å²) in [5.74, 6) is 0.853. The first kappa shape index (κ1) is 14.2. The molecule has 0 spiro atoms. The van der Waals surface area contributed by atoms with Gasteiger partial charge in [0.05, 0.1) is 5.69 Å². The van der Waals surface area contributed by atoms with E-state index in [1.165, 1.54) is 10.9 Å². The maximum atomic E-state index is 12.2. The zero-order chi connectivity index (χ0) is 14.7. The monoisotopic (exact) mass is 272 g/mol. The average molecular weight is 272 g/mol. The van der Waals surface area contributed by atoms with Crippen LogP contribution in [-0.2, 0) is 0 Å². The molecule has 106 valence electrons. The highest BCUT2D eigenvalue weighted by atomic mass is 16.1. The van der Waals surface area contributed by atoms with Gasteiger partial charge in [0.15, 0.2) is 0 Å². The molecular formula is C15H20N4O. The number of hydrogen-bond donors (Lipinski definition) is 1. The molecule has 0 bridgehead atoms. The topological polar surface area (TPSA) is 59.8 Å². The maximum Gasteiger partial charge on any atom is 0.356 e. The van der Waals surface area contributed by atoms with E-state index < -0.39 is 0 Å². The van der Waals surface area contributed by atoms with E-state index in [4.69, 9.17) is 0 Å². The van der Waals surface area contributed by atoms with Gasteiger partial charge in [0.1, 0.15) is 6.33 Å². The van der Waals surface area contributed by atoms with Gasteiger partial charge in [0.2, 0.25) is 5.95 Å². The number of nitrogens with zero attached hydrogens (tertiary/aromatic N) is 3. The molecule has 0 aliphatic carbocycles. The fourth-order valence-electron chi connectivity index (χ4n) is 2.05. The van der Waals surface area contributed by atoms with Crippen LogP contribution in [0, 0.1) is 19.8 Å². The van der Waals surface area contributed by atoms with E-state index in [1.807, 2.05) is 32.0 Å². The van der Waals surface area contributed by atoms with Crippen molar-refractivity contribution in [3.8, 4) is 5.69 Å². The molecule has 0 aliphatic heterocycles. The minimum absolute atomic E-state index is 0.316. The van der Waals surface area contributed by atoms with E-state index in [9.17, 15) is 4.79 Å². The largest absolute Gasteiger partial charge is 0.356 e. The van der Waals surface area contributed by atoms with Crippen molar-refractivity contribution in [2.24, 2.45) is 5.92 Å². The third kappa shape index (κ3) is 3.04. The van der Waals surface area contributed by atoms with Gasteiger partial charge in [-0.2, -0.15) is 4.98 Å². The Bertz CT molecular complexity index is 641. The van der Waals surface area contributed by atoms with Crippen LogP contribution in [0.25, 0.3) is 5.69 Å². The van der Waals surface area contributed by atoms with Crippen LogP contribution in [0.1, 0.15) is 25.0 Å². The third-order valence-corrected chi connectivity index (χ3v) is 3.05. The minimum atomic E-state index is -0.316. The fraction of sp³-hybridized carbons (Fsp3) is 0.400. The van der Waals surface area contributed by atoms with E-state index in [2.05, 4.69) is 29.1 Å². The molecule has 1 N–H and O–H groups in total. The Morgan fingerprint density at radius 2 is 1.90 bits per heavy atom. The molecule has 0 radical (unpaired) electrons. The first-order chi connectivity index (χ1) is 9.49. The molecule has 20 heavy (non-hydrogen) atoms. The van der Waals surface area contributed by atoms with E-state index in [0.717, 1.165) is 23.4 Å². The Kier molecular flexibility index (Phi) is 4.17. The first-order valence-electron chi connectivity index (χ1n) is 6.75. The van der Waals surface area contributed by atoms with E-state index >= 15 is 0 Å². The van der Waals surface area contributed by atoms with Crippen molar-refractivity contribution in [2.45, 2.75) is 27.7 Å². The van der Waals surface area contributed by atoms with Crippen LogP contribution >= 0.6 is 0 Å². The lowest BCUT2D eigenvalue weighted by Gasteiger charge is -2.12. The number of hydrogen-bond acceptors (Lipinski definition) is 4. The van der Waals surface area contributed by atoms with Gasteiger partial charge in [-0.05, 0) is 30.9 Å². The molecular weight excluding hydrogens is 252 g/mol. The van der Waals surface area contributed by atoms with Crippen LogP contribution in [0.4, 0.5) is 5.95 Å². The second-order valence-electron chi connectivity index (χ2n) is 5.35. The standard InChI is InChI=1S/C15H20N4O/c1-10(2)8-16-14-17-9-19(15(20)18-14)13-11(3)6-5-7-12(13)4/h5-7,9-10H,8H2,1-4H3,(H,16,18,20). The maximum absolute atomic E-state index is 12.2. The molecule has 5 nitrogen and oxygen atoms in total. The molecule has 0 unspecified atom stereocenters. The zero-order valence-electron chi connectivity index (χ0n) is 12.3. The Morgan fingerprint density at radius 3 is 2.45 bits per heavy atom. The van der Waals surface area contributed by atoms with Gasteiger partial charge in [-0.25, -0.2) is 9.78 Å². The SMILES string of the molecule is Cc1cccc(C)c1-n1cnc(NCC(C)C)nc1=O. The summed E-state index contributed by atoms with van der Waals surface area (Å²) in [7, 11) is 0. The van der Waals surface area contributed by atoms with E-state index in [1.54, 1.807) is 0 Å². The van der Waals surface area contributed by atoms with Crippen molar-refractivity contribution in [3.05, 3.63) is 46.1 Å². The molecule has 1 aromatic heterocycles. The summed E-state index contributed by atoms with van der Waals surface area (Å²) in [5.41, 5.74) is 2.59. The van der Waals surface area contributed by atoms with Crippen LogP contribution in [-0.4, -0.2) is 21.1 Å². The molecule has 2 rings (SSSR count). The summed E-state index contributed by atoms with van der Waals surface area (Å²) in [5, 5.41) is 3.06. The first-order valence-corrected chi connectivity index (χ1v) is 6.75. The van der Waals surface area contributed by atoms with Gasteiger partial charge in [-0.15, -0.1) is 0 Å². The van der Waals surface area contributed by atoms with Crippen LogP contribution in [0.3, 0.4) is 0 Å². The summed E-state index contributed by atoms with van der Waals surface area (Å²) in [4.78, 5) is 20.4. The Balaban J connectivity index is 2.38. The Labute approximate surface area is 118 Å². The van der Waals surface area contributed by atoms with Gasteiger partial charge in [-0.1, -0.05) is 32.0 Å². The minimum Gasteiger partial charge on any atom is -0.354 e. The number of nitrogens with one attached hydrogen (secondary N) is 1. The van der Waals surface area contributed by atoms with Crippen LogP contribution < -0.4 is 11.0 Å². The predicted molar refractivity (Wildman–Crippen MR) is 80.4 cm³/mol. The molecule has 1 aromatic carbocycles. The van der Waals surface area contributed by atoms with Crippen molar-refractivity contribution in [3.63, 3.8) is 0 Å². The molecule has 0 saturated carbocycles. The number of anilines is 1. The summed E-state index contributed by atoms with van der Waals surface area (Å²) >= 11 is 0. The summed E-state index contributed by atoms with van der Waals surface area (Å²) in [6.45, 7) is 8.86. The van der Waals surface area contributed by atoms with E-state index in [-0.39, 0.29) is 5.69 Å². The molecule has 1 heterocycles. The highest BCUT2D eigenvalue weighted by Gasteiger charge is 2.09. The van der Waals surface area contributed by atoms with Gasteiger partial charge < -0.3 is 5.32 Å². The average Bonchev–Trinajstić information content (AvgIpc) is 2.38. The third-order valence-electron chi connectivity index (χ3n) is 3.05. The summed E-state index contributed by atoms with van der Waals surface area (Å²) in [6, 6.07) is 5.91. The molecule has 0 amide bonds. The highest BCUT2D eigenvalue weighted by Crippen LogP contribution is 2.16. The van der Waals surface area contributed by atoms with Crippen LogP contribution in [0.2, 0.25) is 0 Å². The smallest absolute Gasteiger partial charge is 0.354 e. The molecule has 0 atom stereocenters. The predicted octanol–water partition coefficient (Wildman–Crippen LogP) is 2.31. The zero-order valence-corrected chi connectivity index (χ0v) is 12.3. The van der Waals surface area contributed by atoms with Gasteiger partial charge in [0.25, 0.3) is 0 Å². The summed E-state index contributed by atoms with van der Waals surface area (Å²) in [6.07, 6.45) is 1.54. The Morgan fingerprint density at radius 1 is 1.25 bits per heavy atom.